The van der Waals surface area contributed by atoms with Crippen molar-refractivity contribution in [1.82, 2.24) is 0 Å². The van der Waals surface area contributed by atoms with Crippen LogP contribution in [0.15, 0.2) is 55.0 Å². The Balaban J connectivity index is 2.87. The SMILES string of the molecule is C=C/C=C(\Nc1ccc(CCCC)cc1F)C(=C)F. The Bertz CT molecular complexity index is 490. The van der Waals surface area contributed by atoms with Crippen molar-refractivity contribution in [1.29, 1.82) is 0 Å². The maximum Gasteiger partial charge on any atom is 0.146 e. The molecule has 0 atom stereocenters. The fraction of sp³-hybridized carbons (Fsp3) is 0.250. The molecule has 19 heavy (non-hydrogen) atoms. The minimum atomic E-state index is -0.658. The van der Waals surface area contributed by atoms with E-state index in [-0.39, 0.29) is 11.4 Å². The van der Waals surface area contributed by atoms with Crippen LogP contribution in [0.1, 0.15) is 25.3 Å². The quantitative estimate of drug-likeness (QED) is 0.672. The van der Waals surface area contributed by atoms with E-state index in [9.17, 15) is 8.78 Å². The van der Waals surface area contributed by atoms with E-state index in [4.69, 9.17) is 0 Å². The highest BCUT2D eigenvalue weighted by atomic mass is 19.1. The second-order valence-corrected chi connectivity index (χ2v) is 4.26. The van der Waals surface area contributed by atoms with Crippen molar-refractivity contribution in [3.63, 3.8) is 0 Å². The Labute approximate surface area is 113 Å². The van der Waals surface area contributed by atoms with E-state index in [0.717, 1.165) is 24.8 Å². The van der Waals surface area contributed by atoms with E-state index in [1.54, 1.807) is 6.07 Å². The summed E-state index contributed by atoms with van der Waals surface area (Å²) >= 11 is 0. The number of allylic oxidation sites excluding steroid dienone is 3. The van der Waals surface area contributed by atoms with E-state index >= 15 is 0 Å². The van der Waals surface area contributed by atoms with Gasteiger partial charge in [0.1, 0.15) is 11.6 Å². The number of anilines is 1. The fourth-order valence-electron chi connectivity index (χ4n) is 1.66. The number of unbranched alkanes of at least 4 members (excludes halogenated alkanes) is 1. The highest BCUT2D eigenvalue weighted by Gasteiger charge is 2.07. The van der Waals surface area contributed by atoms with E-state index < -0.39 is 11.6 Å². The zero-order valence-corrected chi connectivity index (χ0v) is 11.2. The molecule has 0 aromatic heterocycles. The van der Waals surface area contributed by atoms with Gasteiger partial charge in [0.2, 0.25) is 0 Å². The Kier molecular flexibility index (Phi) is 6.00. The first-order valence-electron chi connectivity index (χ1n) is 6.31. The fourth-order valence-corrected chi connectivity index (χ4v) is 1.66. The van der Waals surface area contributed by atoms with Crippen molar-refractivity contribution < 1.29 is 8.78 Å². The number of nitrogens with one attached hydrogen (secondary N) is 1. The summed E-state index contributed by atoms with van der Waals surface area (Å²) in [5.74, 6) is -1.06. The Morgan fingerprint density at radius 2 is 2.16 bits per heavy atom. The number of rotatable bonds is 7. The first-order chi connectivity index (χ1) is 9.08. The summed E-state index contributed by atoms with van der Waals surface area (Å²) in [4.78, 5) is 0. The summed E-state index contributed by atoms with van der Waals surface area (Å²) in [6.07, 6.45) is 5.76. The topological polar surface area (TPSA) is 12.0 Å². The van der Waals surface area contributed by atoms with E-state index in [1.165, 1.54) is 18.2 Å². The molecule has 0 aliphatic rings. The van der Waals surface area contributed by atoms with Gasteiger partial charge in [0.25, 0.3) is 0 Å². The average molecular weight is 263 g/mol. The first-order valence-corrected chi connectivity index (χ1v) is 6.31. The van der Waals surface area contributed by atoms with E-state index in [0.29, 0.717) is 0 Å². The highest BCUT2D eigenvalue weighted by molar-refractivity contribution is 5.54. The molecule has 102 valence electrons. The molecule has 1 aromatic rings. The Morgan fingerprint density at radius 1 is 1.42 bits per heavy atom. The minimum absolute atomic E-state index is 0.107. The molecule has 0 radical (unpaired) electrons. The largest absolute Gasteiger partial charge is 0.351 e. The van der Waals surface area contributed by atoms with Gasteiger partial charge in [-0.25, -0.2) is 8.78 Å². The van der Waals surface area contributed by atoms with Gasteiger partial charge in [-0.3, -0.25) is 0 Å². The lowest BCUT2D eigenvalue weighted by molar-refractivity contribution is 0.625. The number of halogens is 2. The second-order valence-electron chi connectivity index (χ2n) is 4.26. The summed E-state index contributed by atoms with van der Waals surface area (Å²) < 4.78 is 27.0. The zero-order valence-electron chi connectivity index (χ0n) is 11.2. The van der Waals surface area contributed by atoms with Crippen molar-refractivity contribution in [3.8, 4) is 0 Å². The molecule has 0 fully saturated rings. The molecule has 0 heterocycles. The number of hydrogen-bond acceptors (Lipinski definition) is 1. The summed E-state index contributed by atoms with van der Waals surface area (Å²) in [6, 6.07) is 4.93. The monoisotopic (exact) mass is 263 g/mol. The molecule has 1 nitrogen and oxygen atoms in total. The van der Waals surface area contributed by atoms with Crippen molar-refractivity contribution in [2.75, 3.05) is 5.32 Å². The third-order valence-corrected chi connectivity index (χ3v) is 2.70. The lowest BCUT2D eigenvalue weighted by atomic mass is 10.1. The van der Waals surface area contributed by atoms with Gasteiger partial charge >= 0.3 is 0 Å². The van der Waals surface area contributed by atoms with Gasteiger partial charge in [-0.15, -0.1) is 0 Å². The van der Waals surface area contributed by atoms with E-state index in [2.05, 4.69) is 25.4 Å². The molecule has 1 aromatic carbocycles. The molecular formula is C16H19F2N. The van der Waals surface area contributed by atoms with Crippen LogP contribution in [0.4, 0.5) is 14.5 Å². The Hall–Kier alpha value is -1.90. The smallest absolute Gasteiger partial charge is 0.146 e. The predicted octanol–water partition coefficient (Wildman–Crippen LogP) is 5.13. The van der Waals surface area contributed by atoms with E-state index in [1.807, 2.05) is 6.07 Å². The van der Waals surface area contributed by atoms with Crippen molar-refractivity contribution in [2.24, 2.45) is 0 Å². The summed E-state index contributed by atoms with van der Waals surface area (Å²) in [5.41, 5.74) is 1.28. The molecular weight excluding hydrogens is 244 g/mol. The lowest BCUT2D eigenvalue weighted by Gasteiger charge is -2.10. The van der Waals surface area contributed by atoms with Crippen LogP contribution in [0.3, 0.4) is 0 Å². The van der Waals surface area contributed by atoms with Crippen LogP contribution in [-0.2, 0) is 6.42 Å². The van der Waals surface area contributed by atoms with Gasteiger partial charge in [-0.05, 0) is 36.6 Å². The van der Waals surface area contributed by atoms with Gasteiger partial charge in [0.05, 0.1) is 11.4 Å². The van der Waals surface area contributed by atoms with Crippen LogP contribution < -0.4 is 5.32 Å². The van der Waals surface area contributed by atoms with Crippen LogP contribution >= 0.6 is 0 Å². The molecule has 0 saturated carbocycles. The summed E-state index contributed by atoms with van der Waals surface area (Å²) in [6.45, 7) is 8.76. The normalized spacial score (nSPS) is 11.2. The summed E-state index contributed by atoms with van der Waals surface area (Å²) in [5, 5.41) is 2.67. The molecule has 1 rings (SSSR count). The van der Waals surface area contributed by atoms with Crippen molar-refractivity contribution in [3.05, 3.63) is 66.4 Å². The molecule has 0 unspecified atom stereocenters. The van der Waals surface area contributed by atoms with Crippen molar-refractivity contribution >= 4 is 5.69 Å². The third-order valence-electron chi connectivity index (χ3n) is 2.70. The standard InChI is InChI=1S/C16H19F2N/c1-4-6-8-13-9-10-16(14(18)11-13)19-15(7-5-2)12(3)17/h5,7,9-11,19H,2-4,6,8H2,1H3/b15-7-. The average Bonchev–Trinajstić information content (AvgIpc) is 2.38. The summed E-state index contributed by atoms with van der Waals surface area (Å²) in [7, 11) is 0. The van der Waals surface area contributed by atoms with Crippen LogP contribution in [0, 0.1) is 5.82 Å². The van der Waals surface area contributed by atoms with Gasteiger partial charge in [0.15, 0.2) is 0 Å². The minimum Gasteiger partial charge on any atom is -0.351 e. The maximum absolute atomic E-state index is 13.9. The van der Waals surface area contributed by atoms with Gasteiger partial charge in [0, 0.05) is 0 Å². The van der Waals surface area contributed by atoms with Crippen LogP contribution in [0.2, 0.25) is 0 Å². The molecule has 1 N–H and O–H groups in total. The Morgan fingerprint density at radius 3 is 2.68 bits per heavy atom. The molecule has 0 aliphatic heterocycles. The third kappa shape index (κ3) is 4.70. The number of hydrogen-bond donors (Lipinski definition) is 1. The second kappa shape index (κ2) is 7.52. The predicted molar refractivity (Wildman–Crippen MR) is 77.2 cm³/mol. The number of aryl methyl sites for hydroxylation is 1. The first kappa shape index (κ1) is 15.2. The van der Waals surface area contributed by atoms with Crippen LogP contribution in [0.25, 0.3) is 0 Å². The lowest BCUT2D eigenvalue weighted by Crippen LogP contribution is -2.02. The van der Waals surface area contributed by atoms with Crippen molar-refractivity contribution in [2.45, 2.75) is 26.2 Å². The molecule has 0 saturated heterocycles. The van der Waals surface area contributed by atoms with Gasteiger partial charge in [-0.1, -0.05) is 38.6 Å². The molecule has 0 bridgehead atoms. The van der Waals surface area contributed by atoms with Gasteiger partial charge in [-0.2, -0.15) is 0 Å². The number of benzene rings is 1. The molecule has 0 amide bonds. The maximum atomic E-state index is 13.9. The molecule has 3 heteroatoms. The highest BCUT2D eigenvalue weighted by Crippen LogP contribution is 2.21. The van der Waals surface area contributed by atoms with Crippen LogP contribution in [0.5, 0.6) is 0 Å². The molecule has 0 spiro atoms. The van der Waals surface area contributed by atoms with Crippen LogP contribution in [-0.4, -0.2) is 0 Å². The molecule has 0 aliphatic carbocycles. The van der Waals surface area contributed by atoms with Gasteiger partial charge < -0.3 is 5.32 Å². The zero-order chi connectivity index (χ0) is 14.3.